The Balaban J connectivity index is 1.95. The number of nitrogens with zero attached hydrogens (tertiary/aromatic N) is 5. The number of hydrogen-bond donors (Lipinski definition) is 2. The van der Waals surface area contributed by atoms with E-state index in [-0.39, 0.29) is 0 Å². The van der Waals surface area contributed by atoms with Gasteiger partial charge in [0.1, 0.15) is 24.3 Å². The standard InChI is InChI=1S/C12H19N7/c1-3-5-13-10-6-11(16-8-15-10)14-7-12-18-17-9-19(12)4-2/h6,8-9H,3-5,7H2,1-2H3,(H2,13,14,15,16). The van der Waals surface area contributed by atoms with Crippen molar-refractivity contribution in [2.24, 2.45) is 0 Å². The number of anilines is 2. The summed E-state index contributed by atoms with van der Waals surface area (Å²) < 4.78 is 1.99. The van der Waals surface area contributed by atoms with Gasteiger partial charge in [-0.3, -0.25) is 0 Å². The predicted octanol–water partition coefficient (Wildman–Crippen LogP) is 1.52. The Labute approximate surface area is 112 Å². The second-order valence-electron chi connectivity index (χ2n) is 4.10. The molecule has 0 saturated heterocycles. The maximum atomic E-state index is 4.18. The van der Waals surface area contributed by atoms with Crippen molar-refractivity contribution in [3.63, 3.8) is 0 Å². The first-order valence-corrected chi connectivity index (χ1v) is 6.50. The zero-order valence-corrected chi connectivity index (χ0v) is 11.3. The van der Waals surface area contributed by atoms with Crippen LogP contribution in [0.1, 0.15) is 26.1 Å². The molecule has 2 N–H and O–H groups in total. The Hall–Kier alpha value is -2.18. The third kappa shape index (κ3) is 3.64. The molecule has 7 heteroatoms. The number of aryl methyl sites for hydroxylation is 1. The fraction of sp³-hybridized carbons (Fsp3) is 0.500. The minimum absolute atomic E-state index is 0.595. The molecule has 0 aromatic carbocycles. The molecule has 2 aromatic rings. The lowest BCUT2D eigenvalue weighted by molar-refractivity contribution is 0.707. The molecule has 0 aliphatic rings. The lowest BCUT2D eigenvalue weighted by atomic mass is 10.4. The van der Waals surface area contributed by atoms with E-state index >= 15 is 0 Å². The van der Waals surface area contributed by atoms with Crippen molar-refractivity contribution in [1.29, 1.82) is 0 Å². The van der Waals surface area contributed by atoms with E-state index in [2.05, 4.69) is 44.6 Å². The van der Waals surface area contributed by atoms with E-state index in [1.165, 1.54) is 0 Å². The van der Waals surface area contributed by atoms with E-state index in [1.807, 2.05) is 10.6 Å². The summed E-state index contributed by atoms with van der Waals surface area (Å²) in [5, 5.41) is 14.4. The van der Waals surface area contributed by atoms with Gasteiger partial charge in [0.25, 0.3) is 0 Å². The molecule has 0 atom stereocenters. The summed E-state index contributed by atoms with van der Waals surface area (Å²) in [6, 6.07) is 1.89. The molecule has 0 radical (unpaired) electrons. The highest BCUT2D eigenvalue weighted by Crippen LogP contribution is 2.09. The van der Waals surface area contributed by atoms with Gasteiger partial charge < -0.3 is 15.2 Å². The zero-order chi connectivity index (χ0) is 13.5. The predicted molar refractivity (Wildman–Crippen MR) is 73.8 cm³/mol. The third-order valence-electron chi connectivity index (χ3n) is 2.69. The molecule has 0 saturated carbocycles. The summed E-state index contributed by atoms with van der Waals surface area (Å²) in [7, 11) is 0. The Morgan fingerprint density at radius 1 is 1.16 bits per heavy atom. The Kier molecular flexibility index (Phi) is 4.66. The molecule has 0 bridgehead atoms. The summed E-state index contributed by atoms with van der Waals surface area (Å²) in [6.07, 6.45) is 4.34. The highest BCUT2D eigenvalue weighted by Gasteiger charge is 2.03. The normalized spacial score (nSPS) is 10.4. The van der Waals surface area contributed by atoms with Gasteiger partial charge in [0.15, 0.2) is 5.82 Å². The van der Waals surface area contributed by atoms with E-state index in [0.717, 1.165) is 37.0 Å². The fourth-order valence-electron chi connectivity index (χ4n) is 1.65. The highest BCUT2D eigenvalue weighted by molar-refractivity contribution is 5.46. The van der Waals surface area contributed by atoms with Crippen LogP contribution in [0.4, 0.5) is 11.6 Å². The lowest BCUT2D eigenvalue weighted by Gasteiger charge is -2.08. The number of rotatable bonds is 7. The van der Waals surface area contributed by atoms with Crippen LogP contribution < -0.4 is 10.6 Å². The second kappa shape index (κ2) is 6.67. The molecule has 19 heavy (non-hydrogen) atoms. The first kappa shape index (κ1) is 13.3. The molecule has 0 aliphatic carbocycles. The molecular weight excluding hydrogens is 242 g/mol. The summed E-state index contributed by atoms with van der Waals surface area (Å²) in [6.45, 7) is 6.53. The quantitative estimate of drug-likeness (QED) is 0.786. The van der Waals surface area contributed by atoms with Gasteiger partial charge in [-0.15, -0.1) is 10.2 Å². The highest BCUT2D eigenvalue weighted by atomic mass is 15.3. The van der Waals surface area contributed by atoms with Gasteiger partial charge in [-0.2, -0.15) is 0 Å². The minimum atomic E-state index is 0.595. The van der Waals surface area contributed by atoms with Gasteiger partial charge in [0.05, 0.1) is 6.54 Å². The Morgan fingerprint density at radius 2 is 1.95 bits per heavy atom. The van der Waals surface area contributed by atoms with Crippen LogP contribution in [-0.2, 0) is 13.1 Å². The molecule has 0 fully saturated rings. The lowest BCUT2D eigenvalue weighted by Crippen LogP contribution is -2.09. The van der Waals surface area contributed by atoms with E-state index in [1.54, 1.807) is 12.7 Å². The fourth-order valence-corrected chi connectivity index (χ4v) is 1.65. The van der Waals surface area contributed by atoms with Gasteiger partial charge in [-0.25, -0.2) is 9.97 Å². The van der Waals surface area contributed by atoms with Crippen molar-refractivity contribution in [3.8, 4) is 0 Å². The van der Waals surface area contributed by atoms with Gasteiger partial charge in [-0.05, 0) is 13.3 Å². The Morgan fingerprint density at radius 3 is 2.68 bits per heavy atom. The largest absolute Gasteiger partial charge is 0.370 e. The second-order valence-corrected chi connectivity index (χ2v) is 4.10. The molecule has 102 valence electrons. The van der Waals surface area contributed by atoms with E-state index in [9.17, 15) is 0 Å². The van der Waals surface area contributed by atoms with Crippen LogP contribution in [0, 0.1) is 0 Å². The monoisotopic (exact) mass is 261 g/mol. The van der Waals surface area contributed by atoms with Crippen molar-refractivity contribution >= 4 is 11.6 Å². The third-order valence-corrected chi connectivity index (χ3v) is 2.69. The van der Waals surface area contributed by atoms with Gasteiger partial charge in [0, 0.05) is 19.2 Å². The average Bonchev–Trinajstić information content (AvgIpc) is 2.91. The van der Waals surface area contributed by atoms with Crippen LogP contribution in [-0.4, -0.2) is 31.3 Å². The maximum absolute atomic E-state index is 4.18. The van der Waals surface area contributed by atoms with Crippen molar-refractivity contribution in [2.75, 3.05) is 17.2 Å². The molecule has 2 heterocycles. The maximum Gasteiger partial charge on any atom is 0.152 e. The summed E-state index contributed by atoms with van der Waals surface area (Å²) in [5.74, 6) is 2.50. The van der Waals surface area contributed by atoms with E-state index in [0.29, 0.717) is 6.54 Å². The van der Waals surface area contributed by atoms with Crippen LogP contribution in [0.2, 0.25) is 0 Å². The van der Waals surface area contributed by atoms with Crippen molar-refractivity contribution in [1.82, 2.24) is 24.7 Å². The van der Waals surface area contributed by atoms with Crippen LogP contribution in [0.25, 0.3) is 0 Å². The topological polar surface area (TPSA) is 80.5 Å². The smallest absolute Gasteiger partial charge is 0.152 e. The molecular formula is C12H19N7. The number of nitrogens with one attached hydrogen (secondary N) is 2. The summed E-state index contributed by atoms with van der Waals surface area (Å²) >= 11 is 0. The van der Waals surface area contributed by atoms with Crippen molar-refractivity contribution in [2.45, 2.75) is 33.4 Å². The van der Waals surface area contributed by atoms with Gasteiger partial charge >= 0.3 is 0 Å². The molecule has 2 aromatic heterocycles. The zero-order valence-electron chi connectivity index (χ0n) is 11.3. The first-order valence-electron chi connectivity index (χ1n) is 6.50. The summed E-state index contributed by atoms with van der Waals surface area (Å²) in [4.78, 5) is 8.34. The molecule has 0 spiro atoms. The van der Waals surface area contributed by atoms with Crippen LogP contribution in [0.15, 0.2) is 18.7 Å². The van der Waals surface area contributed by atoms with Crippen LogP contribution in [0.5, 0.6) is 0 Å². The minimum Gasteiger partial charge on any atom is -0.370 e. The van der Waals surface area contributed by atoms with E-state index in [4.69, 9.17) is 0 Å². The molecule has 0 unspecified atom stereocenters. The van der Waals surface area contributed by atoms with Crippen molar-refractivity contribution in [3.05, 3.63) is 24.5 Å². The van der Waals surface area contributed by atoms with Gasteiger partial charge in [0.2, 0.25) is 0 Å². The molecule has 7 nitrogen and oxygen atoms in total. The van der Waals surface area contributed by atoms with Crippen LogP contribution >= 0.6 is 0 Å². The van der Waals surface area contributed by atoms with Crippen LogP contribution in [0.3, 0.4) is 0 Å². The number of hydrogen-bond acceptors (Lipinski definition) is 6. The number of aromatic nitrogens is 5. The van der Waals surface area contributed by atoms with E-state index < -0.39 is 0 Å². The summed E-state index contributed by atoms with van der Waals surface area (Å²) in [5.41, 5.74) is 0. The molecule has 0 amide bonds. The Bertz CT molecular complexity index is 508. The molecule has 0 aliphatic heterocycles. The first-order chi connectivity index (χ1) is 9.33. The van der Waals surface area contributed by atoms with Crippen molar-refractivity contribution < 1.29 is 0 Å². The molecule has 2 rings (SSSR count). The van der Waals surface area contributed by atoms with Gasteiger partial charge in [-0.1, -0.05) is 6.92 Å². The average molecular weight is 261 g/mol. The SMILES string of the molecule is CCCNc1cc(NCc2nncn2CC)ncn1.